The fourth-order valence-corrected chi connectivity index (χ4v) is 3.40. The Labute approximate surface area is 169 Å². The third-order valence-corrected chi connectivity index (χ3v) is 4.98. The molecule has 8 nitrogen and oxygen atoms in total. The monoisotopic (exact) mass is 391 g/mol. The van der Waals surface area contributed by atoms with Gasteiger partial charge in [0.05, 0.1) is 6.54 Å². The minimum Gasteiger partial charge on any atom is -0.357 e. The van der Waals surface area contributed by atoms with Crippen molar-refractivity contribution in [2.24, 2.45) is 0 Å². The molecule has 0 atom stereocenters. The van der Waals surface area contributed by atoms with Gasteiger partial charge < -0.3 is 10.2 Å². The Bertz CT molecular complexity index is 935. The number of aromatic nitrogens is 5. The number of hydrogen-bond donors (Lipinski definition) is 1. The van der Waals surface area contributed by atoms with Gasteiger partial charge in [-0.2, -0.15) is 4.80 Å². The van der Waals surface area contributed by atoms with E-state index in [2.05, 4.69) is 36.7 Å². The highest BCUT2D eigenvalue weighted by Crippen LogP contribution is 2.18. The molecule has 4 rings (SSSR count). The smallest absolute Gasteiger partial charge is 0.220 e. The predicted molar refractivity (Wildman–Crippen MR) is 110 cm³/mol. The Balaban J connectivity index is 1.21. The number of anilines is 1. The van der Waals surface area contributed by atoms with Gasteiger partial charge in [0.25, 0.3) is 0 Å². The summed E-state index contributed by atoms with van der Waals surface area (Å²) in [5, 5.41) is 15.5. The average molecular weight is 391 g/mol. The molecule has 1 N–H and O–H groups in total. The molecule has 8 heteroatoms. The largest absolute Gasteiger partial charge is 0.357 e. The second kappa shape index (κ2) is 9.27. The van der Waals surface area contributed by atoms with E-state index in [9.17, 15) is 4.79 Å². The predicted octanol–water partition coefficient (Wildman–Crippen LogP) is 2.43. The Morgan fingerprint density at radius 3 is 2.76 bits per heavy atom. The van der Waals surface area contributed by atoms with Crippen molar-refractivity contribution in [2.75, 3.05) is 18.0 Å². The number of pyridine rings is 1. The molecule has 1 aromatic carbocycles. The van der Waals surface area contributed by atoms with E-state index in [1.165, 1.54) is 12.8 Å². The van der Waals surface area contributed by atoms with Crippen LogP contribution in [0.1, 0.15) is 31.2 Å². The summed E-state index contributed by atoms with van der Waals surface area (Å²) in [5.74, 6) is 1.62. The van der Waals surface area contributed by atoms with Crippen molar-refractivity contribution in [2.45, 2.75) is 38.8 Å². The molecule has 1 aliphatic heterocycles. The second-order valence-corrected chi connectivity index (χ2v) is 7.17. The van der Waals surface area contributed by atoms with Gasteiger partial charge in [-0.1, -0.05) is 30.3 Å². The Morgan fingerprint density at radius 2 is 1.93 bits per heavy atom. The fraction of sp³-hybridized carbons (Fsp3) is 0.381. The molecule has 1 saturated heterocycles. The number of rotatable bonds is 8. The lowest BCUT2D eigenvalue weighted by Gasteiger charge is -2.17. The van der Waals surface area contributed by atoms with E-state index in [4.69, 9.17) is 0 Å². The first-order chi connectivity index (χ1) is 14.3. The lowest BCUT2D eigenvalue weighted by Crippen LogP contribution is -2.23. The van der Waals surface area contributed by atoms with E-state index in [1.54, 1.807) is 4.80 Å². The van der Waals surface area contributed by atoms with Crippen molar-refractivity contribution in [1.82, 2.24) is 30.5 Å². The molecule has 3 heterocycles. The second-order valence-electron chi connectivity index (χ2n) is 7.17. The van der Waals surface area contributed by atoms with Gasteiger partial charge in [0.2, 0.25) is 11.7 Å². The van der Waals surface area contributed by atoms with Crippen LogP contribution in [0.4, 0.5) is 5.82 Å². The van der Waals surface area contributed by atoms with Crippen LogP contribution in [0.15, 0.2) is 48.7 Å². The van der Waals surface area contributed by atoms with Crippen molar-refractivity contribution < 1.29 is 4.79 Å². The maximum atomic E-state index is 12.2. The average Bonchev–Trinajstić information content (AvgIpc) is 3.46. The number of carbonyl (C=O) groups is 1. The van der Waals surface area contributed by atoms with E-state index >= 15 is 0 Å². The van der Waals surface area contributed by atoms with Crippen LogP contribution in [0.5, 0.6) is 0 Å². The fourth-order valence-electron chi connectivity index (χ4n) is 3.40. The Kier molecular flexibility index (Phi) is 6.09. The van der Waals surface area contributed by atoms with Gasteiger partial charge in [-0.25, -0.2) is 4.98 Å². The van der Waals surface area contributed by atoms with E-state index in [1.807, 2.05) is 42.6 Å². The minimum atomic E-state index is 0.0212. The molecule has 1 amide bonds. The van der Waals surface area contributed by atoms with E-state index < -0.39 is 0 Å². The van der Waals surface area contributed by atoms with Gasteiger partial charge in [-0.15, -0.1) is 10.2 Å². The van der Waals surface area contributed by atoms with Gasteiger partial charge in [-0.3, -0.25) is 4.79 Å². The van der Waals surface area contributed by atoms with Crippen molar-refractivity contribution in [3.63, 3.8) is 0 Å². The van der Waals surface area contributed by atoms with Gasteiger partial charge >= 0.3 is 0 Å². The molecule has 0 unspecified atom stereocenters. The summed E-state index contributed by atoms with van der Waals surface area (Å²) in [6.45, 7) is 3.19. The topological polar surface area (TPSA) is 88.8 Å². The van der Waals surface area contributed by atoms with Crippen LogP contribution in [-0.4, -0.2) is 44.2 Å². The number of nitrogens with one attached hydrogen (secondary N) is 1. The summed E-state index contributed by atoms with van der Waals surface area (Å²) < 4.78 is 0. The highest BCUT2D eigenvalue weighted by Gasteiger charge is 2.13. The third-order valence-electron chi connectivity index (χ3n) is 4.98. The van der Waals surface area contributed by atoms with Crippen molar-refractivity contribution in [1.29, 1.82) is 0 Å². The quantitative estimate of drug-likeness (QED) is 0.634. The molecular formula is C21H25N7O. The molecule has 0 bridgehead atoms. The first-order valence-corrected chi connectivity index (χ1v) is 10.1. The summed E-state index contributed by atoms with van der Waals surface area (Å²) in [7, 11) is 0. The highest BCUT2D eigenvalue weighted by atomic mass is 16.1. The van der Waals surface area contributed by atoms with Crippen LogP contribution in [0, 0.1) is 0 Å². The Morgan fingerprint density at radius 1 is 1.10 bits per heavy atom. The molecule has 29 heavy (non-hydrogen) atoms. The number of tetrazole rings is 1. The van der Waals surface area contributed by atoms with Gasteiger partial charge in [0, 0.05) is 37.8 Å². The molecular weight excluding hydrogens is 366 g/mol. The number of benzene rings is 1. The zero-order chi connectivity index (χ0) is 19.9. The lowest BCUT2D eigenvalue weighted by molar-refractivity contribution is -0.121. The van der Waals surface area contributed by atoms with E-state index in [0.29, 0.717) is 31.8 Å². The van der Waals surface area contributed by atoms with Crippen LogP contribution in [-0.2, 0) is 17.9 Å². The Hall–Kier alpha value is -3.29. The van der Waals surface area contributed by atoms with E-state index in [-0.39, 0.29) is 5.91 Å². The molecule has 2 aromatic heterocycles. The van der Waals surface area contributed by atoms with Gasteiger partial charge in [0.1, 0.15) is 5.82 Å². The number of aryl methyl sites for hydroxylation is 1. The molecule has 1 aliphatic rings. The first-order valence-electron chi connectivity index (χ1n) is 10.1. The highest BCUT2D eigenvalue weighted by molar-refractivity contribution is 5.75. The zero-order valence-corrected chi connectivity index (χ0v) is 16.4. The summed E-state index contributed by atoms with van der Waals surface area (Å²) in [6.07, 6.45) is 5.33. The first kappa shape index (κ1) is 19.0. The maximum Gasteiger partial charge on any atom is 0.220 e. The summed E-state index contributed by atoms with van der Waals surface area (Å²) in [5.41, 5.74) is 2.00. The van der Waals surface area contributed by atoms with Crippen LogP contribution in [0.25, 0.3) is 11.4 Å². The van der Waals surface area contributed by atoms with Crippen molar-refractivity contribution in [3.05, 3.63) is 54.2 Å². The molecule has 0 saturated carbocycles. The minimum absolute atomic E-state index is 0.0212. The van der Waals surface area contributed by atoms with Gasteiger partial charge in [-0.05, 0) is 42.2 Å². The molecule has 0 spiro atoms. The van der Waals surface area contributed by atoms with Crippen molar-refractivity contribution >= 4 is 11.7 Å². The van der Waals surface area contributed by atoms with Crippen LogP contribution < -0.4 is 10.2 Å². The lowest BCUT2D eigenvalue weighted by atomic mass is 10.2. The number of nitrogens with zero attached hydrogens (tertiary/aromatic N) is 6. The molecule has 0 radical (unpaired) electrons. The van der Waals surface area contributed by atoms with Crippen LogP contribution >= 0.6 is 0 Å². The summed E-state index contributed by atoms with van der Waals surface area (Å²) in [6, 6.07) is 13.7. The number of hydrogen-bond acceptors (Lipinski definition) is 6. The number of amides is 1. The molecule has 150 valence electrons. The van der Waals surface area contributed by atoms with E-state index in [0.717, 1.165) is 30.0 Å². The van der Waals surface area contributed by atoms with Crippen LogP contribution in [0.2, 0.25) is 0 Å². The van der Waals surface area contributed by atoms with Crippen LogP contribution in [0.3, 0.4) is 0 Å². The zero-order valence-electron chi connectivity index (χ0n) is 16.4. The standard InChI is InChI=1S/C21H25N7O/c29-20(23-16-17-10-11-22-19(15-17)27-12-4-5-13-27)9-6-14-28-25-21(24-26-28)18-7-2-1-3-8-18/h1-3,7-8,10-11,15H,4-6,9,12-14,16H2,(H,23,29). The maximum absolute atomic E-state index is 12.2. The number of carbonyl (C=O) groups excluding carboxylic acids is 1. The normalized spacial score (nSPS) is 13.6. The third kappa shape index (κ3) is 5.16. The summed E-state index contributed by atoms with van der Waals surface area (Å²) >= 11 is 0. The summed E-state index contributed by atoms with van der Waals surface area (Å²) in [4.78, 5) is 20.5. The van der Waals surface area contributed by atoms with Crippen molar-refractivity contribution in [3.8, 4) is 11.4 Å². The molecule has 3 aromatic rings. The SMILES string of the molecule is O=C(CCCn1nnc(-c2ccccc2)n1)NCc1ccnc(N2CCCC2)c1. The molecule has 0 aliphatic carbocycles. The van der Waals surface area contributed by atoms with Gasteiger partial charge in [0.15, 0.2) is 0 Å². The molecule has 1 fully saturated rings.